The molecule has 0 aliphatic heterocycles. The Kier molecular flexibility index (Phi) is 4.48. The van der Waals surface area contributed by atoms with Crippen molar-refractivity contribution in [3.8, 4) is 0 Å². The van der Waals surface area contributed by atoms with Gasteiger partial charge in [-0.3, -0.25) is 4.79 Å². The molecule has 3 nitrogen and oxygen atoms in total. The summed E-state index contributed by atoms with van der Waals surface area (Å²) in [6, 6.07) is 0.598. The van der Waals surface area contributed by atoms with Crippen LogP contribution in [0.3, 0.4) is 0 Å². The zero-order valence-corrected chi connectivity index (χ0v) is 14.0. The second-order valence-corrected chi connectivity index (χ2v) is 7.43. The monoisotopic (exact) mass is 280 g/mol. The van der Waals surface area contributed by atoms with Gasteiger partial charge in [0.2, 0.25) is 5.91 Å². The first-order valence-corrected chi connectivity index (χ1v) is 8.38. The van der Waals surface area contributed by atoms with E-state index in [9.17, 15) is 4.79 Å². The molecule has 2 saturated carbocycles. The highest BCUT2D eigenvalue weighted by Crippen LogP contribution is 2.65. The fourth-order valence-corrected chi connectivity index (χ4v) is 4.60. The molecule has 0 aromatic rings. The molecule has 1 N–H and O–H groups in total. The van der Waals surface area contributed by atoms with Gasteiger partial charge in [-0.15, -0.1) is 0 Å². The van der Waals surface area contributed by atoms with Gasteiger partial charge in [0, 0.05) is 32.1 Å². The highest BCUT2D eigenvalue weighted by molar-refractivity contribution is 5.76. The number of nitrogens with zero attached hydrogens (tertiary/aromatic N) is 1. The molecular weight excluding hydrogens is 248 g/mol. The van der Waals surface area contributed by atoms with Crippen LogP contribution in [0.15, 0.2) is 0 Å². The number of fused-ring (bicyclic) bond motifs is 2. The predicted molar refractivity (Wildman–Crippen MR) is 83.6 cm³/mol. The second kappa shape index (κ2) is 5.67. The molecule has 3 atom stereocenters. The van der Waals surface area contributed by atoms with Crippen LogP contribution >= 0.6 is 0 Å². The topological polar surface area (TPSA) is 32.3 Å². The van der Waals surface area contributed by atoms with Crippen molar-refractivity contribution in [1.82, 2.24) is 10.2 Å². The molecule has 2 aliphatic rings. The van der Waals surface area contributed by atoms with Gasteiger partial charge < -0.3 is 10.2 Å². The van der Waals surface area contributed by atoms with Gasteiger partial charge in [0.15, 0.2) is 0 Å². The number of hydrogen-bond donors (Lipinski definition) is 1. The molecule has 2 aliphatic carbocycles. The summed E-state index contributed by atoms with van der Waals surface area (Å²) in [5, 5.41) is 3.70. The number of carbonyl (C=O) groups is 1. The predicted octanol–water partition coefficient (Wildman–Crippen LogP) is 3.05. The molecule has 0 aromatic heterocycles. The summed E-state index contributed by atoms with van der Waals surface area (Å²) in [6.45, 7) is 13.9. The molecule has 2 rings (SSSR count). The quantitative estimate of drug-likeness (QED) is 0.811. The molecule has 1 amide bonds. The minimum absolute atomic E-state index is 0.287. The van der Waals surface area contributed by atoms with E-state index in [1.165, 1.54) is 19.3 Å². The molecule has 0 saturated heterocycles. The molecular formula is C17H32N2O. The molecule has 3 unspecified atom stereocenters. The van der Waals surface area contributed by atoms with Crippen molar-refractivity contribution in [2.75, 3.05) is 19.6 Å². The lowest BCUT2D eigenvalue weighted by molar-refractivity contribution is -0.130. The van der Waals surface area contributed by atoms with Crippen molar-refractivity contribution >= 4 is 5.91 Å². The van der Waals surface area contributed by atoms with Crippen LogP contribution in [0.4, 0.5) is 0 Å². The SMILES string of the molecule is CCN(CC)C(=O)CCNC1CC2CCC1(C)C2(C)C. The van der Waals surface area contributed by atoms with E-state index in [0.29, 0.717) is 23.3 Å². The second-order valence-electron chi connectivity index (χ2n) is 7.43. The first-order chi connectivity index (χ1) is 9.36. The van der Waals surface area contributed by atoms with Gasteiger partial charge >= 0.3 is 0 Å². The van der Waals surface area contributed by atoms with Gasteiger partial charge in [-0.2, -0.15) is 0 Å². The van der Waals surface area contributed by atoms with Crippen molar-refractivity contribution in [1.29, 1.82) is 0 Å². The van der Waals surface area contributed by atoms with Crippen molar-refractivity contribution in [2.24, 2.45) is 16.7 Å². The van der Waals surface area contributed by atoms with Crippen LogP contribution in [0.5, 0.6) is 0 Å². The highest BCUT2D eigenvalue weighted by Gasteiger charge is 2.60. The first-order valence-electron chi connectivity index (χ1n) is 8.38. The third-order valence-electron chi connectivity index (χ3n) is 6.64. The van der Waals surface area contributed by atoms with E-state index in [-0.39, 0.29) is 5.91 Å². The maximum atomic E-state index is 12.0. The average Bonchev–Trinajstić information content (AvgIpc) is 2.73. The van der Waals surface area contributed by atoms with Crippen LogP contribution < -0.4 is 5.32 Å². The van der Waals surface area contributed by atoms with Crippen molar-refractivity contribution in [3.05, 3.63) is 0 Å². The van der Waals surface area contributed by atoms with Crippen LogP contribution in [-0.2, 0) is 4.79 Å². The Hall–Kier alpha value is -0.570. The van der Waals surface area contributed by atoms with E-state index in [4.69, 9.17) is 0 Å². The Bertz CT molecular complexity index is 362. The minimum Gasteiger partial charge on any atom is -0.343 e. The van der Waals surface area contributed by atoms with E-state index >= 15 is 0 Å². The Balaban J connectivity index is 1.83. The number of nitrogens with one attached hydrogen (secondary N) is 1. The van der Waals surface area contributed by atoms with Crippen LogP contribution in [0.1, 0.15) is 60.3 Å². The van der Waals surface area contributed by atoms with E-state index in [1.807, 2.05) is 18.7 Å². The van der Waals surface area contributed by atoms with Gasteiger partial charge in [-0.25, -0.2) is 0 Å². The molecule has 3 heteroatoms. The smallest absolute Gasteiger partial charge is 0.223 e. The number of carbonyl (C=O) groups excluding carboxylic acids is 1. The van der Waals surface area contributed by atoms with E-state index < -0.39 is 0 Å². The molecule has 20 heavy (non-hydrogen) atoms. The highest BCUT2D eigenvalue weighted by atomic mass is 16.2. The Morgan fingerprint density at radius 3 is 2.35 bits per heavy atom. The maximum absolute atomic E-state index is 12.0. The van der Waals surface area contributed by atoms with Gasteiger partial charge in [-0.1, -0.05) is 20.8 Å². The standard InChI is InChI=1S/C17H32N2O/c1-6-19(7-2)15(20)9-11-18-14-12-13-8-10-17(14,5)16(13,3)4/h13-14,18H,6-12H2,1-5H3. The summed E-state index contributed by atoms with van der Waals surface area (Å²) in [6.07, 6.45) is 4.66. The molecule has 0 heterocycles. The fraction of sp³-hybridized carbons (Fsp3) is 0.941. The number of rotatable bonds is 6. The average molecular weight is 280 g/mol. The molecule has 116 valence electrons. The number of hydrogen-bond acceptors (Lipinski definition) is 2. The van der Waals surface area contributed by atoms with E-state index in [2.05, 4.69) is 26.1 Å². The van der Waals surface area contributed by atoms with Gasteiger partial charge in [0.1, 0.15) is 0 Å². The fourth-order valence-electron chi connectivity index (χ4n) is 4.60. The minimum atomic E-state index is 0.287. The zero-order valence-electron chi connectivity index (χ0n) is 14.0. The van der Waals surface area contributed by atoms with Gasteiger partial charge in [-0.05, 0) is 49.9 Å². The normalized spacial score (nSPS) is 34.5. The summed E-state index contributed by atoms with van der Waals surface area (Å²) < 4.78 is 0. The van der Waals surface area contributed by atoms with Crippen LogP contribution in [0.25, 0.3) is 0 Å². The first kappa shape index (κ1) is 15.8. The Labute approximate surface area is 124 Å². The molecule has 0 aromatic carbocycles. The summed E-state index contributed by atoms with van der Waals surface area (Å²) in [5.41, 5.74) is 0.865. The maximum Gasteiger partial charge on any atom is 0.223 e. The molecule has 2 bridgehead atoms. The van der Waals surface area contributed by atoms with Crippen LogP contribution in [0, 0.1) is 16.7 Å². The molecule has 2 fully saturated rings. The number of amides is 1. The van der Waals surface area contributed by atoms with Gasteiger partial charge in [0.05, 0.1) is 0 Å². The van der Waals surface area contributed by atoms with Crippen molar-refractivity contribution in [3.63, 3.8) is 0 Å². The largest absolute Gasteiger partial charge is 0.343 e. The van der Waals surface area contributed by atoms with Crippen LogP contribution in [-0.4, -0.2) is 36.5 Å². The van der Waals surface area contributed by atoms with E-state index in [0.717, 1.165) is 25.6 Å². The lowest BCUT2D eigenvalue weighted by Gasteiger charge is -2.39. The zero-order chi connectivity index (χ0) is 15.0. The van der Waals surface area contributed by atoms with Crippen LogP contribution in [0.2, 0.25) is 0 Å². The van der Waals surface area contributed by atoms with Crippen molar-refractivity contribution < 1.29 is 4.79 Å². The molecule has 0 radical (unpaired) electrons. The summed E-state index contributed by atoms with van der Waals surface area (Å²) in [4.78, 5) is 14.0. The third kappa shape index (κ3) is 2.38. The lowest BCUT2D eigenvalue weighted by Crippen LogP contribution is -2.45. The van der Waals surface area contributed by atoms with Gasteiger partial charge in [0.25, 0.3) is 0 Å². The Morgan fingerprint density at radius 1 is 1.25 bits per heavy atom. The third-order valence-corrected chi connectivity index (χ3v) is 6.64. The lowest BCUT2D eigenvalue weighted by atomic mass is 9.69. The van der Waals surface area contributed by atoms with Crippen molar-refractivity contribution in [2.45, 2.75) is 66.3 Å². The summed E-state index contributed by atoms with van der Waals surface area (Å²) in [5.74, 6) is 1.15. The van der Waals surface area contributed by atoms with E-state index in [1.54, 1.807) is 0 Å². The summed E-state index contributed by atoms with van der Waals surface area (Å²) >= 11 is 0. The molecule has 0 spiro atoms. The summed E-state index contributed by atoms with van der Waals surface area (Å²) in [7, 11) is 0. The Morgan fingerprint density at radius 2 is 1.90 bits per heavy atom.